The number of nitrogens with one attached hydrogen (secondary N) is 1. The number of fused-ring (bicyclic) bond motifs is 1. The third-order valence-corrected chi connectivity index (χ3v) is 6.56. The highest BCUT2D eigenvalue weighted by molar-refractivity contribution is 8.00. The minimum atomic E-state index is -0.391. The monoisotopic (exact) mass is 427 g/mol. The van der Waals surface area contributed by atoms with Gasteiger partial charge in [0.05, 0.1) is 26.9 Å². The normalized spacial score (nSPS) is 15.5. The second-order valence-corrected chi connectivity index (χ2v) is 8.97. The quantitative estimate of drug-likeness (QED) is 0.478. The van der Waals surface area contributed by atoms with E-state index in [-0.39, 0.29) is 17.5 Å². The molecule has 0 radical (unpaired) electrons. The van der Waals surface area contributed by atoms with Gasteiger partial charge in [0.15, 0.2) is 5.16 Å². The number of para-hydroxylation sites is 2. The molecule has 1 atom stereocenters. The third kappa shape index (κ3) is 4.19. The van der Waals surface area contributed by atoms with E-state index in [1.54, 1.807) is 24.3 Å². The summed E-state index contributed by atoms with van der Waals surface area (Å²) in [6.07, 6.45) is 4.37. The number of thioether (sulfide) groups is 1. The maximum absolute atomic E-state index is 13.3. The number of amides is 1. The zero-order chi connectivity index (χ0) is 20.4. The van der Waals surface area contributed by atoms with Gasteiger partial charge in [-0.2, -0.15) is 0 Å². The summed E-state index contributed by atoms with van der Waals surface area (Å²) in [6, 6.07) is 14.6. The maximum Gasteiger partial charge on any atom is 0.266 e. The summed E-state index contributed by atoms with van der Waals surface area (Å²) in [4.78, 5) is 30.7. The average molecular weight is 428 g/mol. The molecule has 4 rings (SSSR count). The molecule has 3 aromatic rings. The fourth-order valence-corrected chi connectivity index (χ4v) is 4.79. The summed E-state index contributed by atoms with van der Waals surface area (Å²) in [5.41, 5.74) is 0.963. The van der Waals surface area contributed by atoms with Crippen molar-refractivity contribution in [1.82, 2.24) is 14.9 Å². The molecule has 1 unspecified atom stereocenters. The van der Waals surface area contributed by atoms with Crippen molar-refractivity contribution >= 4 is 40.2 Å². The summed E-state index contributed by atoms with van der Waals surface area (Å²) >= 11 is 7.67. The first-order valence-electron chi connectivity index (χ1n) is 9.78. The summed E-state index contributed by atoms with van der Waals surface area (Å²) in [5.74, 6) is -0.0324. The Kier molecular flexibility index (Phi) is 5.92. The Bertz CT molecular complexity index is 1110. The summed E-state index contributed by atoms with van der Waals surface area (Å²) in [5, 5.41) is 4.15. The first kappa shape index (κ1) is 20.0. The van der Waals surface area contributed by atoms with E-state index in [1.807, 2.05) is 31.2 Å². The van der Waals surface area contributed by atoms with Gasteiger partial charge in [-0.05, 0) is 44.0 Å². The SMILES string of the molecule is CC(Sc1nc2ccccc2c(=O)n1-c1ccccc1Cl)C(=O)NC1CCCC1. The molecule has 0 saturated heterocycles. The number of nitrogens with zero attached hydrogens (tertiary/aromatic N) is 2. The number of rotatable bonds is 5. The van der Waals surface area contributed by atoms with Gasteiger partial charge in [-0.15, -0.1) is 0 Å². The predicted octanol–water partition coefficient (Wildman–Crippen LogP) is 4.58. The zero-order valence-corrected chi connectivity index (χ0v) is 17.7. The van der Waals surface area contributed by atoms with Gasteiger partial charge < -0.3 is 5.32 Å². The van der Waals surface area contributed by atoms with Crippen LogP contribution >= 0.6 is 23.4 Å². The topological polar surface area (TPSA) is 64.0 Å². The molecule has 150 valence electrons. The van der Waals surface area contributed by atoms with Crippen molar-refractivity contribution in [2.24, 2.45) is 0 Å². The Balaban J connectivity index is 1.74. The van der Waals surface area contributed by atoms with Crippen LogP contribution in [0.15, 0.2) is 58.5 Å². The van der Waals surface area contributed by atoms with Crippen LogP contribution in [0.25, 0.3) is 16.6 Å². The van der Waals surface area contributed by atoms with E-state index >= 15 is 0 Å². The van der Waals surface area contributed by atoms with Crippen LogP contribution in [0.5, 0.6) is 0 Å². The van der Waals surface area contributed by atoms with Gasteiger partial charge in [0.2, 0.25) is 5.91 Å². The number of hydrogen-bond acceptors (Lipinski definition) is 4. The Morgan fingerprint density at radius 1 is 1.17 bits per heavy atom. The van der Waals surface area contributed by atoms with E-state index in [2.05, 4.69) is 5.32 Å². The van der Waals surface area contributed by atoms with Gasteiger partial charge >= 0.3 is 0 Å². The Hall–Kier alpha value is -2.31. The van der Waals surface area contributed by atoms with Gasteiger partial charge in [-0.25, -0.2) is 4.98 Å². The standard InChI is InChI=1S/C22H22ClN3O2S/c1-14(20(27)24-15-8-2-3-9-15)29-22-25-18-12-6-4-10-16(18)21(28)26(22)19-13-7-5-11-17(19)23/h4-7,10-15H,2-3,8-9H2,1H3,(H,24,27). The van der Waals surface area contributed by atoms with Crippen LogP contribution in [-0.2, 0) is 4.79 Å². The number of benzene rings is 2. The van der Waals surface area contributed by atoms with Crippen LogP contribution in [-0.4, -0.2) is 26.8 Å². The van der Waals surface area contributed by atoms with Gasteiger partial charge in [0, 0.05) is 6.04 Å². The molecular weight excluding hydrogens is 406 g/mol. The maximum atomic E-state index is 13.3. The van der Waals surface area contributed by atoms with Crippen molar-refractivity contribution in [3.63, 3.8) is 0 Å². The number of aromatic nitrogens is 2. The smallest absolute Gasteiger partial charge is 0.266 e. The van der Waals surface area contributed by atoms with E-state index < -0.39 is 5.25 Å². The Labute approximate surface area is 178 Å². The largest absolute Gasteiger partial charge is 0.352 e. The molecule has 1 aromatic heterocycles. The van der Waals surface area contributed by atoms with E-state index in [4.69, 9.17) is 16.6 Å². The molecule has 1 heterocycles. The number of carbonyl (C=O) groups excluding carboxylic acids is 1. The first-order chi connectivity index (χ1) is 14.0. The first-order valence-corrected chi connectivity index (χ1v) is 11.0. The van der Waals surface area contributed by atoms with Crippen LogP contribution in [0, 0.1) is 0 Å². The Morgan fingerprint density at radius 2 is 1.86 bits per heavy atom. The van der Waals surface area contributed by atoms with Crippen molar-refractivity contribution < 1.29 is 4.79 Å². The molecule has 1 amide bonds. The molecule has 2 aromatic carbocycles. The van der Waals surface area contributed by atoms with E-state index in [9.17, 15) is 9.59 Å². The fraction of sp³-hybridized carbons (Fsp3) is 0.318. The molecule has 1 saturated carbocycles. The van der Waals surface area contributed by atoms with Crippen LogP contribution in [0.2, 0.25) is 5.02 Å². The predicted molar refractivity (Wildman–Crippen MR) is 118 cm³/mol. The van der Waals surface area contributed by atoms with Crippen molar-refractivity contribution in [1.29, 1.82) is 0 Å². The summed E-state index contributed by atoms with van der Waals surface area (Å²) < 4.78 is 1.51. The van der Waals surface area contributed by atoms with Crippen LogP contribution in [0.3, 0.4) is 0 Å². The lowest BCUT2D eigenvalue weighted by atomic mass is 10.2. The average Bonchev–Trinajstić information content (AvgIpc) is 3.22. The molecule has 1 N–H and O–H groups in total. The second kappa shape index (κ2) is 8.59. The molecule has 1 fully saturated rings. The van der Waals surface area contributed by atoms with Crippen molar-refractivity contribution in [2.45, 2.75) is 49.1 Å². The number of carbonyl (C=O) groups is 1. The lowest BCUT2D eigenvalue weighted by Crippen LogP contribution is -2.38. The van der Waals surface area contributed by atoms with Gasteiger partial charge in [0.1, 0.15) is 0 Å². The highest BCUT2D eigenvalue weighted by Crippen LogP contribution is 2.28. The van der Waals surface area contributed by atoms with Crippen LogP contribution in [0.4, 0.5) is 0 Å². The minimum Gasteiger partial charge on any atom is -0.352 e. The van der Waals surface area contributed by atoms with Gasteiger partial charge in [-0.3, -0.25) is 14.2 Å². The molecule has 1 aliphatic rings. The fourth-order valence-electron chi connectivity index (χ4n) is 3.64. The zero-order valence-electron chi connectivity index (χ0n) is 16.1. The minimum absolute atomic E-state index is 0.0324. The van der Waals surface area contributed by atoms with Gasteiger partial charge in [0.25, 0.3) is 5.56 Å². The molecular formula is C22H22ClN3O2S. The lowest BCUT2D eigenvalue weighted by Gasteiger charge is -2.19. The van der Waals surface area contributed by atoms with E-state index in [0.29, 0.717) is 26.8 Å². The van der Waals surface area contributed by atoms with Gasteiger partial charge in [-0.1, -0.05) is 60.5 Å². The summed E-state index contributed by atoms with van der Waals surface area (Å²) in [6.45, 7) is 1.84. The molecule has 0 aliphatic heterocycles. The van der Waals surface area contributed by atoms with Crippen molar-refractivity contribution in [2.75, 3.05) is 0 Å². The lowest BCUT2D eigenvalue weighted by molar-refractivity contribution is -0.120. The molecule has 0 bridgehead atoms. The van der Waals surface area contributed by atoms with Crippen LogP contribution < -0.4 is 10.9 Å². The number of halogens is 1. The third-order valence-electron chi connectivity index (χ3n) is 5.19. The van der Waals surface area contributed by atoms with Crippen LogP contribution in [0.1, 0.15) is 32.6 Å². The molecule has 7 heteroatoms. The molecule has 0 spiro atoms. The highest BCUT2D eigenvalue weighted by Gasteiger charge is 2.24. The second-order valence-electron chi connectivity index (χ2n) is 7.25. The molecule has 5 nitrogen and oxygen atoms in total. The van der Waals surface area contributed by atoms with E-state index in [0.717, 1.165) is 25.7 Å². The van der Waals surface area contributed by atoms with Crippen molar-refractivity contribution in [3.8, 4) is 5.69 Å². The molecule has 29 heavy (non-hydrogen) atoms. The summed E-state index contributed by atoms with van der Waals surface area (Å²) in [7, 11) is 0. The number of hydrogen-bond donors (Lipinski definition) is 1. The van der Waals surface area contributed by atoms with E-state index in [1.165, 1.54) is 16.3 Å². The van der Waals surface area contributed by atoms with Crippen molar-refractivity contribution in [3.05, 3.63) is 63.9 Å². The molecule has 1 aliphatic carbocycles. The highest BCUT2D eigenvalue weighted by atomic mass is 35.5. The Morgan fingerprint density at radius 3 is 2.62 bits per heavy atom.